The Hall–Kier alpha value is -0.370. The average Bonchev–Trinajstić information content (AvgIpc) is 2.00. The van der Waals surface area contributed by atoms with Crippen molar-refractivity contribution in [3.63, 3.8) is 0 Å². The van der Waals surface area contributed by atoms with Crippen LogP contribution in [0.1, 0.15) is 46.5 Å². The highest BCUT2D eigenvalue weighted by molar-refractivity contribution is 5.79. The molecule has 1 rings (SSSR count). The molecule has 0 aliphatic heterocycles. The first-order valence-electron chi connectivity index (χ1n) is 5.22. The summed E-state index contributed by atoms with van der Waals surface area (Å²) in [5, 5.41) is 3.47. The molecular formula is C11H21NO. The maximum Gasteiger partial charge on any atom is 0.134 e. The summed E-state index contributed by atoms with van der Waals surface area (Å²) in [6.45, 7) is 7.64. The highest BCUT2D eigenvalue weighted by atomic mass is 16.1. The van der Waals surface area contributed by atoms with Crippen LogP contribution in [-0.2, 0) is 4.79 Å². The van der Waals surface area contributed by atoms with Gasteiger partial charge in [-0.25, -0.2) is 0 Å². The first-order chi connectivity index (χ1) is 5.97. The Kier molecular flexibility index (Phi) is 3.48. The summed E-state index contributed by atoms with van der Waals surface area (Å²) in [6, 6.07) is 0.445. The highest BCUT2D eigenvalue weighted by Gasteiger charge is 2.20. The van der Waals surface area contributed by atoms with Gasteiger partial charge in [-0.05, 0) is 18.3 Å². The fraction of sp³-hybridized carbons (Fsp3) is 0.909. The van der Waals surface area contributed by atoms with Crippen molar-refractivity contribution < 1.29 is 4.79 Å². The van der Waals surface area contributed by atoms with Gasteiger partial charge < -0.3 is 5.32 Å². The van der Waals surface area contributed by atoms with Crippen LogP contribution in [0.4, 0.5) is 0 Å². The second kappa shape index (κ2) is 4.23. The van der Waals surface area contributed by atoms with Crippen LogP contribution in [0.5, 0.6) is 0 Å². The molecule has 1 saturated carbocycles. The topological polar surface area (TPSA) is 29.1 Å². The van der Waals surface area contributed by atoms with Gasteiger partial charge in [0.1, 0.15) is 5.78 Å². The fourth-order valence-electron chi connectivity index (χ4n) is 1.65. The van der Waals surface area contributed by atoms with E-state index in [0.717, 1.165) is 25.8 Å². The summed E-state index contributed by atoms with van der Waals surface area (Å²) < 4.78 is 0. The third-order valence-corrected chi connectivity index (χ3v) is 2.40. The van der Waals surface area contributed by atoms with Gasteiger partial charge in [0, 0.05) is 25.4 Å². The van der Waals surface area contributed by atoms with Gasteiger partial charge in [0.25, 0.3) is 0 Å². The van der Waals surface area contributed by atoms with Crippen LogP contribution in [0, 0.1) is 5.41 Å². The molecule has 2 heteroatoms. The van der Waals surface area contributed by atoms with Gasteiger partial charge in [-0.2, -0.15) is 0 Å². The summed E-state index contributed by atoms with van der Waals surface area (Å²) >= 11 is 0. The van der Waals surface area contributed by atoms with Gasteiger partial charge in [-0.1, -0.05) is 20.8 Å². The van der Waals surface area contributed by atoms with E-state index < -0.39 is 0 Å². The lowest BCUT2D eigenvalue weighted by Crippen LogP contribution is -2.39. The van der Waals surface area contributed by atoms with Crippen molar-refractivity contribution in [2.45, 2.75) is 52.5 Å². The van der Waals surface area contributed by atoms with E-state index in [4.69, 9.17) is 0 Å². The summed E-state index contributed by atoms with van der Waals surface area (Å²) in [7, 11) is 0. The van der Waals surface area contributed by atoms with Crippen molar-refractivity contribution in [3.8, 4) is 0 Å². The maximum atomic E-state index is 11.2. The Morgan fingerprint density at radius 3 is 2.69 bits per heavy atom. The summed E-state index contributed by atoms with van der Waals surface area (Å²) in [6.07, 6.45) is 3.78. The molecule has 0 radical (unpaired) electrons. The van der Waals surface area contributed by atoms with Gasteiger partial charge in [0.2, 0.25) is 0 Å². The number of hydrogen-bond acceptors (Lipinski definition) is 2. The Balaban J connectivity index is 2.25. The maximum absolute atomic E-state index is 11.2. The summed E-state index contributed by atoms with van der Waals surface area (Å²) in [4.78, 5) is 11.2. The Morgan fingerprint density at radius 1 is 1.46 bits per heavy atom. The van der Waals surface area contributed by atoms with Crippen LogP contribution < -0.4 is 5.32 Å². The highest BCUT2D eigenvalue weighted by Crippen LogP contribution is 2.17. The van der Waals surface area contributed by atoms with Gasteiger partial charge in [-0.15, -0.1) is 0 Å². The van der Waals surface area contributed by atoms with E-state index in [9.17, 15) is 4.79 Å². The van der Waals surface area contributed by atoms with Crippen molar-refractivity contribution in [1.29, 1.82) is 0 Å². The first kappa shape index (κ1) is 10.7. The summed E-state index contributed by atoms with van der Waals surface area (Å²) in [5.74, 6) is 0.428. The van der Waals surface area contributed by atoms with Crippen LogP contribution in [0.3, 0.4) is 0 Å². The van der Waals surface area contributed by atoms with Crippen LogP contribution >= 0.6 is 0 Å². The minimum absolute atomic E-state index is 0.320. The van der Waals surface area contributed by atoms with Crippen LogP contribution in [-0.4, -0.2) is 18.4 Å². The lowest BCUT2D eigenvalue weighted by molar-refractivity contribution is -0.120. The number of nitrogens with one attached hydrogen (secondary N) is 1. The molecule has 1 fully saturated rings. The zero-order valence-electron chi connectivity index (χ0n) is 9.02. The molecule has 1 unspecified atom stereocenters. The average molecular weight is 183 g/mol. The number of carbonyl (C=O) groups is 1. The lowest BCUT2D eigenvalue weighted by Gasteiger charge is -2.26. The van der Waals surface area contributed by atoms with E-state index in [1.165, 1.54) is 6.42 Å². The van der Waals surface area contributed by atoms with Gasteiger partial charge in [-0.3, -0.25) is 4.79 Å². The van der Waals surface area contributed by atoms with Crippen molar-refractivity contribution in [2.24, 2.45) is 5.41 Å². The van der Waals surface area contributed by atoms with Crippen molar-refractivity contribution in [2.75, 3.05) is 6.54 Å². The summed E-state index contributed by atoms with van der Waals surface area (Å²) in [5.41, 5.74) is 0.320. The van der Waals surface area contributed by atoms with Crippen molar-refractivity contribution in [3.05, 3.63) is 0 Å². The predicted molar refractivity (Wildman–Crippen MR) is 54.7 cm³/mol. The molecule has 13 heavy (non-hydrogen) atoms. The molecule has 76 valence electrons. The first-order valence-corrected chi connectivity index (χ1v) is 5.22. The second-order valence-corrected chi connectivity index (χ2v) is 5.27. The van der Waals surface area contributed by atoms with Crippen molar-refractivity contribution in [1.82, 2.24) is 5.32 Å². The molecule has 0 spiro atoms. The van der Waals surface area contributed by atoms with Crippen LogP contribution in [0.15, 0.2) is 0 Å². The Morgan fingerprint density at radius 2 is 2.15 bits per heavy atom. The fourth-order valence-corrected chi connectivity index (χ4v) is 1.65. The third-order valence-electron chi connectivity index (χ3n) is 2.40. The monoisotopic (exact) mass is 183 g/mol. The largest absolute Gasteiger partial charge is 0.313 e. The molecule has 1 atom stereocenters. The standard InChI is InChI=1S/C11H21NO/c1-11(2,3)8-12-9-5-4-6-10(13)7-9/h9,12H,4-8H2,1-3H3. The van der Waals surface area contributed by atoms with Gasteiger partial charge in [0.15, 0.2) is 0 Å². The molecule has 0 saturated heterocycles. The molecule has 0 amide bonds. The SMILES string of the molecule is CC(C)(C)CNC1CCCC(=O)C1. The smallest absolute Gasteiger partial charge is 0.134 e. The number of carbonyl (C=O) groups excluding carboxylic acids is 1. The van der Waals surface area contributed by atoms with E-state index in [0.29, 0.717) is 17.2 Å². The molecule has 0 aromatic heterocycles. The van der Waals surface area contributed by atoms with E-state index in [-0.39, 0.29) is 0 Å². The molecule has 0 aromatic rings. The van der Waals surface area contributed by atoms with Crippen LogP contribution in [0.25, 0.3) is 0 Å². The number of ketones is 1. The minimum Gasteiger partial charge on any atom is -0.313 e. The third kappa shape index (κ3) is 4.41. The quantitative estimate of drug-likeness (QED) is 0.710. The van der Waals surface area contributed by atoms with Gasteiger partial charge >= 0.3 is 0 Å². The zero-order valence-corrected chi connectivity index (χ0v) is 9.02. The zero-order chi connectivity index (χ0) is 9.90. The Labute approximate surface area is 81.1 Å². The minimum atomic E-state index is 0.320. The van der Waals surface area contributed by atoms with E-state index >= 15 is 0 Å². The van der Waals surface area contributed by atoms with E-state index in [2.05, 4.69) is 26.1 Å². The molecule has 0 bridgehead atoms. The number of hydrogen-bond donors (Lipinski definition) is 1. The number of Topliss-reactive ketones (excluding diaryl/α,β-unsaturated/α-hetero) is 1. The molecule has 0 heterocycles. The van der Waals surface area contributed by atoms with Crippen molar-refractivity contribution >= 4 is 5.78 Å². The molecule has 1 aliphatic carbocycles. The van der Waals surface area contributed by atoms with Crippen LogP contribution in [0.2, 0.25) is 0 Å². The molecule has 1 N–H and O–H groups in total. The molecule has 0 aromatic carbocycles. The molecular weight excluding hydrogens is 162 g/mol. The molecule has 1 aliphatic rings. The van der Waals surface area contributed by atoms with E-state index in [1.54, 1.807) is 0 Å². The lowest BCUT2D eigenvalue weighted by atomic mass is 9.92. The Bertz CT molecular complexity index is 181. The predicted octanol–water partition coefficient (Wildman–Crippen LogP) is 2.13. The second-order valence-electron chi connectivity index (χ2n) is 5.27. The molecule has 2 nitrogen and oxygen atoms in total. The number of rotatable bonds is 2. The van der Waals surface area contributed by atoms with E-state index in [1.807, 2.05) is 0 Å². The normalized spacial score (nSPS) is 24.8. The van der Waals surface area contributed by atoms with Gasteiger partial charge in [0.05, 0.1) is 0 Å².